The van der Waals surface area contributed by atoms with Crippen molar-refractivity contribution in [3.05, 3.63) is 18.3 Å². The van der Waals surface area contributed by atoms with E-state index in [4.69, 9.17) is 15.2 Å². The Balaban J connectivity index is 1.90. The van der Waals surface area contributed by atoms with E-state index in [0.717, 1.165) is 0 Å². The highest BCUT2D eigenvalue weighted by Crippen LogP contribution is 2.27. The first-order chi connectivity index (χ1) is 11.2. The predicted molar refractivity (Wildman–Crippen MR) is 89.4 cm³/mol. The second-order valence-corrected chi connectivity index (χ2v) is 6.01. The van der Waals surface area contributed by atoms with Crippen molar-refractivity contribution in [1.82, 2.24) is 4.98 Å². The van der Waals surface area contributed by atoms with Gasteiger partial charge < -0.3 is 20.5 Å². The van der Waals surface area contributed by atoms with Gasteiger partial charge in [0.05, 0.1) is 19.1 Å². The molecule has 2 rings (SSSR count). The SMILES string of the molecule is COC(CN)CC(=O)Nc1ncccc1OCC1CCCCC1. The number of hydrogen-bond donors (Lipinski definition) is 2. The Morgan fingerprint density at radius 3 is 2.91 bits per heavy atom. The average Bonchev–Trinajstić information content (AvgIpc) is 2.60. The molecule has 1 aromatic rings. The Kier molecular flexibility index (Phi) is 7.29. The topological polar surface area (TPSA) is 86.5 Å². The monoisotopic (exact) mass is 321 g/mol. The van der Waals surface area contributed by atoms with Crippen LogP contribution in [0.3, 0.4) is 0 Å². The molecule has 6 heteroatoms. The summed E-state index contributed by atoms with van der Waals surface area (Å²) in [5, 5.41) is 2.79. The number of amides is 1. The summed E-state index contributed by atoms with van der Waals surface area (Å²) < 4.78 is 11.0. The molecule has 128 valence electrons. The maximum atomic E-state index is 12.1. The minimum Gasteiger partial charge on any atom is -0.489 e. The van der Waals surface area contributed by atoms with Crippen molar-refractivity contribution < 1.29 is 14.3 Å². The minimum absolute atomic E-state index is 0.177. The van der Waals surface area contributed by atoms with Crippen molar-refractivity contribution in [1.29, 1.82) is 0 Å². The summed E-state index contributed by atoms with van der Waals surface area (Å²) in [6.07, 6.45) is 7.87. The molecule has 1 aromatic heterocycles. The number of rotatable bonds is 8. The van der Waals surface area contributed by atoms with E-state index in [1.807, 2.05) is 12.1 Å². The third kappa shape index (κ3) is 5.80. The van der Waals surface area contributed by atoms with Crippen LogP contribution in [-0.4, -0.2) is 37.3 Å². The molecule has 1 fully saturated rings. The lowest BCUT2D eigenvalue weighted by molar-refractivity contribution is -0.118. The normalized spacial score (nSPS) is 16.8. The van der Waals surface area contributed by atoms with Crippen LogP contribution >= 0.6 is 0 Å². The van der Waals surface area contributed by atoms with E-state index in [1.54, 1.807) is 13.3 Å². The molecule has 6 nitrogen and oxygen atoms in total. The van der Waals surface area contributed by atoms with Crippen LogP contribution in [0, 0.1) is 5.92 Å². The number of hydrogen-bond acceptors (Lipinski definition) is 5. The Hall–Kier alpha value is -1.66. The highest BCUT2D eigenvalue weighted by molar-refractivity contribution is 5.91. The summed E-state index contributed by atoms with van der Waals surface area (Å²) in [6, 6.07) is 3.64. The number of nitrogens with zero attached hydrogens (tertiary/aromatic N) is 1. The van der Waals surface area contributed by atoms with E-state index < -0.39 is 0 Å². The number of anilines is 1. The first-order valence-electron chi connectivity index (χ1n) is 8.33. The molecule has 1 aliphatic rings. The number of nitrogens with two attached hydrogens (primary N) is 1. The third-order valence-corrected chi connectivity index (χ3v) is 4.24. The quantitative estimate of drug-likeness (QED) is 0.767. The van der Waals surface area contributed by atoms with Gasteiger partial charge in [0.15, 0.2) is 11.6 Å². The number of carbonyl (C=O) groups excluding carboxylic acids is 1. The summed E-state index contributed by atoms with van der Waals surface area (Å²) in [4.78, 5) is 16.3. The molecular formula is C17H27N3O3. The van der Waals surface area contributed by atoms with E-state index in [-0.39, 0.29) is 18.4 Å². The first kappa shape index (κ1) is 17.7. The molecule has 1 heterocycles. The molecule has 3 N–H and O–H groups in total. The van der Waals surface area contributed by atoms with E-state index >= 15 is 0 Å². The zero-order valence-corrected chi connectivity index (χ0v) is 13.8. The molecule has 1 atom stereocenters. The Morgan fingerprint density at radius 1 is 1.43 bits per heavy atom. The second kappa shape index (κ2) is 9.47. The number of carbonyl (C=O) groups is 1. The lowest BCUT2D eigenvalue weighted by Crippen LogP contribution is -2.28. The Labute approximate surface area is 137 Å². The van der Waals surface area contributed by atoms with Gasteiger partial charge in [-0.15, -0.1) is 0 Å². The fraction of sp³-hybridized carbons (Fsp3) is 0.647. The van der Waals surface area contributed by atoms with Crippen molar-refractivity contribution in [3.63, 3.8) is 0 Å². The van der Waals surface area contributed by atoms with Crippen LogP contribution < -0.4 is 15.8 Å². The van der Waals surface area contributed by atoms with Crippen molar-refractivity contribution >= 4 is 11.7 Å². The first-order valence-corrected chi connectivity index (χ1v) is 8.33. The molecule has 0 spiro atoms. The molecule has 23 heavy (non-hydrogen) atoms. The van der Waals surface area contributed by atoms with Crippen LogP contribution in [0.2, 0.25) is 0 Å². The van der Waals surface area contributed by atoms with Crippen LogP contribution in [0.15, 0.2) is 18.3 Å². The smallest absolute Gasteiger partial charge is 0.228 e. The number of aromatic nitrogens is 1. The summed E-state index contributed by atoms with van der Waals surface area (Å²) in [6.45, 7) is 0.981. The zero-order valence-electron chi connectivity index (χ0n) is 13.8. The van der Waals surface area contributed by atoms with E-state index in [1.165, 1.54) is 32.1 Å². The maximum absolute atomic E-state index is 12.1. The lowest BCUT2D eigenvalue weighted by atomic mass is 9.90. The number of pyridine rings is 1. The summed E-state index contributed by atoms with van der Waals surface area (Å²) in [5.74, 6) is 1.50. The fourth-order valence-electron chi connectivity index (χ4n) is 2.82. The minimum atomic E-state index is -0.287. The molecule has 1 aliphatic carbocycles. The standard InChI is InChI=1S/C17H27N3O3/c1-22-14(11-18)10-16(21)20-17-15(8-5-9-19-17)23-12-13-6-3-2-4-7-13/h5,8-9,13-14H,2-4,6-7,10-12,18H2,1H3,(H,19,20,21). The molecular weight excluding hydrogens is 294 g/mol. The van der Waals surface area contributed by atoms with Gasteiger partial charge in [-0.05, 0) is 30.9 Å². The zero-order chi connectivity index (χ0) is 16.5. The van der Waals surface area contributed by atoms with Gasteiger partial charge in [0.25, 0.3) is 0 Å². The third-order valence-electron chi connectivity index (χ3n) is 4.24. The largest absolute Gasteiger partial charge is 0.489 e. The van der Waals surface area contributed by atoms with Gasteiger partial charge in [0.1, 0.15) is 0 Å². The van der Waals surface area contributed by atoms with Gasteiger partial charge in [-0.2, -0.15) is 0 Å². The van der Waals surface area contributed by atoms with E-state index in [9.17, 15) is 4.79 Å². The number of nitrogens with one attached hydrogen (secondary N) is 1. The Bertz CT molecular complexity index is 486. The van der Waals surface area contributed by atoms with E-state index in [2.05, 4.69) is 10.3 Å². The van der Waals surface area contributed by atoms with Gasteiger partial charge in [-0.25, -0.2) is 4.98 Å². The highest BCUT2D eigenvalue weighted by Gasteiger charge is 2.17. The molecule has 1 saturated carbocycles. The fourth-order valence-corrected chi connectivity index (χ4v) is 2.82. The van der Waals surface area contributed by atoms with E-state index in [0.29, 0.717) is 30.6 Å². The molecule has 0 saturated heterocycles. The molecule has 1 amide bonds. The molecule has 0 radical (unpaired) electrons. The van der Waals surface area contributed by atoms with Crippen LogP contribution in [0.1, 0.15) is 38.5 Å². The van der Waals surface area contributed by atoms with Crippen LogP contribution in [0.4, 0.5) is 5.82 Å². The number of ether oxygens (including phenoxy) is 2. The number of methoxy groups -OCH3 is 1. The van der Waals surface area contributed by atoms with Crippen molar-refractivity contribution in [2.75, 3.05) is 25.6 Å². The van der Waals surface area contributed by atoms with Crippen molar-refractivity contribution in [2.45, 2.75) is 44.6 Å². The van der Waals surface area contributed by atoms with Crippen LogP contribution in [0.25, 0.3) is 0 Å². The average molecular weight is 321 g/mol. The Morgan fingerprint density at radius 2 is 2.22 bits per heavy atom. The predicted octanol–water partition coefficient (Wildman–Crippen LogP) is 2.34. The van der Waals surface area contributed by atoms with Gasteiger partial charge in [0.2, 0.25) is 5.91 Å². The van der Waals surface area contributed by atoms with Crippen molar-refractivity contribution in [3.8, 4) is 5.75 Å². The van der Waals surface area contributed by atoms with Gasteiger partial charge in [-0.3, -0.25) is 4.79 Å². The lowest BCUT2D eigenvalue weighted by Gasteiger charge is -2.22. The summed E-state index contributed by atoms with van der Waals surface area (Å²) in [5.41, 5.74) is 5.54. The second-order valence-electron chi connectivity index (χ2n) is 6.01. The van der Waals surface area contributed by atoms with Crippen LogP contribution in [0.5, 0.6) is 5.75 Å². The van der Waals surface area contributed by atoms with Crippen molar-refractivity contribution in [2.24, 2.45) is 11.7 Å². The maximum Gasteiger partial charge on any atom is 0.228 e. The van der Waals surface area contributed by atoms with Gasteiger partial charge in [-0.1, -0.05) is 19.3 Å². The highest BCUT2D eigenvalue weighted by atomic mass is 16.5. The molecule has 0 aliphatic heterocycles. The molecule has 1 unspecified atom stereocenters. The molecule has 0 aromatic carbocycles. The summed E-state index contributed by atoms with van der Waals surface area (Å²) in [7, 11) is 1.55. The van der Waals surface area contributed by atoms with Gasteiger partial charge >= 0.3 is 0 Å². The molecule has 0 bridgehead atoms. The van der Waals surface area contributed by atoms with Gasteiger partial charge in [0, 0.05) is 19.9 Å². The summed E-state index contributed by atoms with van der Waals surface area (Å²) >= 11 is 0. The van der Waals surface area contributed by atoms with Crippen LogP contribution in [-0.2, 0) is 9.53 Å².